The van der Waals surface area contributed by atoms with E-state index in [9.17, 15) is 10.1 Å². The fraction of sp³-hybridized carbons (Fsp3) is 0.700. The molecular weight excluding hydrogens is 224 g/mol. The second kappa shape index (κ2) is 5.24. The molecule has 0 saturated carbocycles. The largest absolute Gasteiger partial charge is 0.379 e. The van der Waals surface area contributed by atoms with Crippen LogP contribution in [0.1, 0.15) is 6.92 Å². The maximum Gasteiger partial charge on any atom is 0.306 e. The molecule has 0 aliphatic carbocycles. The van der Waals surface area contributed by atoms with Gasteiger partial charge in [-0.15, -0.1) is 0 Å². The molecule has 0 spiro atoms. The van der Waals surface area contributed by atoms with Gasteiger partial charge in [0.1, 0.15) is 12.4 Å². The number of rotatable bonds is 4. The van der Waals surface area contributed by atoms with E-state index in [0.717, 1.165) is 26.3 Å². The lowest BCUT2D eigenvalue weighted by molar-refractivity contribution is -0.385. The van der Waals surface area contributed by atoms with Gasteiger partial charge in [-0.2, -0.15) is 5.10 Å². The Kier molecular flexibility index (Phi) is 3.70. The fourth-order valence-corrected chi connectivity index (χ4v) is 1.89. The highest BCUT2D eigenvalue weighted by Gasteiger charge is 2.18. The lowest BCUT2D eigenvalue weighted by Crippen LogP contribution is -2.44. The third-order valence-electron chi connectivity index (χ3n) is 2.95. The quantitative estimate of drug-likeness (QED) is 0.566. The summed E-state index contributed by atoms with van der Waals surface area (Å²) in [5.74, 6) is 0. The molecular formula is C10H16N4O3. The van der Waals surface area contributed by atoms with E-state index in [0.29, 0.717) is 12.6 Å². The molecule has 1 atom stereocenters. The van der Waals surface area contributed by atoms with Gasteiger partial charge < -0.3 is 4.74 Å². The summed E-state index contributed by atoms with van der Waals surface area (Å²) < 4.78 is 6.96. The van der Waals surface area contributed by atoms with Crippen LogP contribution in [0.15, 0.2) is 12.4 Å². The molecule has 0 amide bonds. The molecule has 7 heteroatoms. The van der Waals surface area contributed by atoms with Crippen molar-refractivity contribution >= 4 is 5.69 Å². The monoisotopic (exact) mass is 240 g/mol. The van der Waals surface area contributed by atoms with Crippen molar-refractivity contribution in [3.8, 4) is 0 Å². The number of nitro groups is 1. The molecule has 94 valence electrons. The summed E-state index contributed by atoms with van der Waals surface area (Å²) >= 11 is 0. The SMILES string of the molecule is C[C@H]1COCCN1CCn1cc([N+](=O)[O-])cn1. The van der Waals surface area contributed by atoms with Crippen LogP contribution in [0.25, 0.3) is 0 Å². The number of ether oxygens (including phenoxy) is 1. The van der Waals surface area contributed by atoms with Crippen LogP contribution < -0.4 is 0 Å². The molecule has 2 heterocycles. The zero-order valence-electron chi connectivity index (χ0n) is 9.78. The molecule has 1 aliphatic heterocycles. The van der Waals surface area contributed by atoms with Gasteiger partial charge in [0.25, 0.3) is 0 Å². The topological polar surface area (TPSA) is 73.4 Å². The normalized spacial score (nSPS) is 21.6. The molecule has 1 saturated heterocycles. The highest BCUT2D eigenvalue weighted by Crippen LogP contribution is 2.09. The van der Waals surface area contributed by atoms with E-state index in [1.807, 2.05) is 0 Å². The van der Waals surface area contributed by atoms with E-state index in [1.165, 1.54) is 12.4 Å². The van der Waals surface area contributed by atoms with Gasteiger partial charge in [0.05, 0.1) is 24.7 Å². The summed E-state index contributed by atoms with van der Waals surface area (Å²) in [5, 5.41) is 14.5. The minimum Gasteiger partial charge on any atom is -0.379 e. The first kappa shape index (κ1) is 12.0. The number of hydrogen-bond acceptors (Lipinski definition) is 5. The van der Waals surface area contributed by atoms with E-state index >= 15 is 0 Å². The molecule has 0 radical (unpaired) electrons. The first-order valence-electron chi connectivity index (χ1n) is 5.65. The minimum atomic E-state index is -0.430. The summed E-state index contributed by atoms with van der Waals surface area (Å²) in [4.78, 5) is 12.4. The van der Waals surface area contributed by atoms with Crippen molar-refractivity contribution in [2.75, 3.05) is 26.3 Å². The highest BCUT2D eigenvalue weighted by atomic mass is 16.6. The maximum absolute atomic E-state index is 10.5. The van der Waals surface area contributed by atoms with Gasteiger partial charge in [0.2, 0.25) is 0 Å². The number of hydrogen-bond donors (Lipinski definition) is 0. The standard InChI is InChI=1S/C10H16N4O3/c1-9-8-17-5-4-12(9)2-3-13-7-10(6-11-13)14(15)16/h6-7,9H,2-5,8H2,1H3/t9-/m0/s1. The second-order valence-corrected chi connectivity index (χ2v) is 4.18. The van der Waals surface area contributed by atoms with Crippen molar-refractivity contribution in [3.63, 3.8) is 0 Å². The molecule has 1 fully saturated rings. The van der Waals surface area contributed by atoms with Crippen molar-refractivity contribution in [2.45, 2.75) is 19.5 Å². The van der Waals surface area contributed by atoms with Crippen LogP contribution in [0.3, 0.4) is 0 Å². The third-order valence-corrected chi connectivity index (χ3v) is 2.95. The van der Waals surface area contributed by atoms with Gasteiger partial charge in [-0.25, -0.2) is 0 Å². The van der Waals surface area contributed by atoms with Gasteiger partial charge in [-0.1, -0.05) is 0 Å². The molecule has 2 rings (SSSR count). The van der Waals surface area contributed by atoms with Crippen LogP contribution in [0, 0.1) is 10.1 Å². The maximum atomic E-state index is 10.5. The van der Waals surface area contributed by atoms with Crippen molar-refractivity contribution in [1.82, 2.24) is 14.7 Å². The summed E-state index contributed by atoms with van der Waals surface area (Å²) in [7, 11) is 0. The summed E-state index contributed by atoms with van der Waals surface area (Å²) in [6, 6.07) is 0.397. The Morgan fingerprint density at radius 3 is 3.12 bits per heavy atom. The van der Waals surface area contributed by atoms with Crippen LogP contribution >= 0.6 is 0 Å². The minimum absolute atomic E-state index is 0.0417. The molecule has 0 unspecified atom stereocenters. The van der Waals surface area contributed by atoms with E-state index in [1.54, 1.807) is 4.68 Å². The molecule has 1 aromatic heterocycles. The van der Waals surface area contributed by atoms with E-state index in [-0.39, 0.29) is 5.69 Å². The average Bonchev–Trinajstić information content (AvgIpc) is 2.77. The van der Waals surface area contributed by atoms with Crippen molar-refractivity contribution in [1.29, 1.82) is 0 Å². The number of aromatic nitrogens is 2. The molecule has 1 aliphatic rings. The van der Waals surface area contributed by atoms with Gasteiger partial charge in [0.15, 0.2) is 0 Å². The molecule has 0 N–H and O–H groups in total. The smallest absolute Gasteiger partial charge is 0.306 e. The molecule has 17 heavy (non-hydrogen) atoms. The van der Waals surface area contributed by atoms with E-state index in [2.05, 4.69) is 16.9 Å². The first-order valence-corrected chi connectivity index (χ1v) is 5.65. The van der Waals surface area contributed by atoms with Gasteiger partial charge in [-0.05, 0) is 6.92 Å². The van der Waals surface area contributed by atoms with Gasteiger partial charge in [-0.3, -0.25) is 19.7 Å². The molecule has 7 nitrogen and oxygen atoms in total. The summed E-state index contributed by atoms with van der Waals surface area (Å²) in [6.07, 6.45) is 2.74. The second-order valence-electron chi connectivity index (χ2n) is 4.18. The fourth-order valence-electron chi connectivity index (χ4n) is 1.89. The number of nitrogens with zero attached hydrogens (tertiary/aromatic N) is 4. The Hall–Kier alpha value is -1.47. The lowest BCUT2D eigenvalue weighted by atomic mass is 10.2. The molecule has 0 aromatic carbocycles. The van der Waals surface area contributed by atoms with Crippen LogP contribution in [0.5, 0.6) is 0 Å². The van der Waals surface area contributed by atoms with E-state index in [4.69, 9.17) is 4.74 Å². The van der Waals surface area contributed by atoms with Crippen molar-refractivity contribution in [2.24, 2.45) is 0 Å². The van der Waals surface area contributed by atoms with E-state index < -0.39 is 4.92 Å². The third kappa shape index (κ3) is 3.01. The summed E-state index contributed by atoms with van der Waals surface area (Å²) in [5.41, 5.74) is 0.0417. The Bertz CT molecular complexity index is 393. The predicted molar refractivity (Wildman–Crippen MR) is 60.7 cm³/mol. The first-order chi connectivity index (χ1) is 8.16. The Morgan fingerprint density at radius 1 is 1.65 bits per heavy atom. The van der Waals surface area contributed by atoms with Gasteiger partial charge >= 0.3 is 5.69 Å². The molecule has 1 aromatic rings. The van der Waals surface area contributed by atoms with Crippen LogP contribution in [0.2, 0.25) is 0 Å². The summed E-state index contributed by atoms with van der Waals surface area (Å²) in [6.45, 7) is 6.03. The zero-order valence-corrected chi connectivity index (χ0v) is 9.78. The number of morpholine rings is 1. The average molecular weight is 240 g/mol. The lowest BCUT2D eigenvalue weighted by Gasteiger charge is -2.32. The Balaban J connectivity index is 1.86. The van der Waals surface area contributed by atoms with Gasteiger partial charge in [0, 0.05) is 19.1 Å². The zero-order chi connectivity index (χ0) is 12.3. The Labute approximate surface area is 99.1 Å². The predicted octanol–water partition coefficient (Wildman–Crippen LogP) is 0.512. The van der Waals surface area contributed by atoms with Crippen LogP contribution in [0.4, 0.5) is 5.69 Å². The Morgan fingerprint density at radius 2 is 2.47 bits per heavy atom. The highest BCUT2D eigenvalue weighted by molar-refractivity contribution is 5.20. The molecule has 0 bridgehead atoms. The van der Waals surface area contributed by atoms with Crippen molar-refractivity contribution < 1.29 is 9.66 Å². The van der Waals surface area contributed by atoms with Crippen LogP contribution in [-0.4, -0.2) is 51.9 Å². The van der Waals surface area contributed by atoms with Crippen LogP contribution in [-0.2, 0) is 11.3 Å². The van der Waals surface area contributed by atoms with Crippen molar-refractivity contribution in [3.05, 3.63) is 22.5 Å².